The highest BCUT2D eigenvalue weighted by molar-refractivity contribution is 5.83. The lowest BCUT2D eigenvalue weighted by Crippen LogP contribution is -2.33. The van der Waals surface area contributed by atoms with E-state index in [1.807, 2.05) is 18.5 Å². The first-order valence-corrected chi connectivity index (χ1v) is 9.01. The van der Waals surface area contributed by atoms with Crippen molar-refractivity contribution in [1.29, 1.82) is 0 Å². The summed E-state index contributed by atoms with van der Waals surface area (Å²) in [6.45, 7) is 1.98. The Morgan fingerprint density at radius 1 is 1.00 bits per heavy atom. The van der Waals surface area contributed by atoms with Crippen LogP contribution in [-0.4, -0.2) is 37.8 Å². The number of hydrogen-bond donors (Lipinski definition) is 1. The zero-order valence-electron chi connectivity index (χ0n) is 14.4. The zero-order valence-corrected chi connectivity index (χ0v) is 14.4. The molecule has 0 bridgehead atoms. The molecule has 0 atom stereocenters. The Balaban J connectivity index is 1.34. The summed E-state index contributed by atoms with van der Waals surface area (Å²) in [6.07, 6.45) is 11.7. The molecule has 26 heavy (non-hydrogen) atoms. The highest BCUT2D eigenvalue weighted by Gasteiger charge is 2.23. The first-order chi connectivity index (χ1) is 12.9. The van der Waals surface area contributed by atoms with Crippen LogP contribution in [-0.2, 0) is 0 Å². The van der Waals surface area contributed by atoms with Gasteiger partial charge in [0.2, 0.25) is 0 Å². The number of piperidine rings is 1. The van der Waals surface area contributed by atoms with E-state index in [4.69, 9.17) is 4.98 Å². The maximum atomic E-state index is 4.73. The minimum absolute atomic E-state index is 0.588. The number of anilines is 1. The molecule has 0 radical (unpaired) electrons. The third-order valence-electron chi connectivity index (χ3n) is 5.23. The summed E-state index contributed by atoms with van der Waals surface area (Å²) in [4.78, 5) is 14.8. The van der Waals surface area contributed by atoms with Crippen LogP contribution >= 0.6 is 0 Å². The molecule has 0 spiro atoms. The number of aromatic nitrogens is 5. The van der Waals surface area contributed by atoms with Crippen LogP contribution in [0.2, 0.25) is 0 Å². The summed E-state index contributed by atoms with van der Waals surface area (Å²) in [6, 6.07) is 10.4. The first kappa shape index (κ1) is 15.1. The third kappa shape index (κ3) is 2.63. The van der Waals surface area contributed by atoms with Gasteiger partial charge in [0.15, 0.2) is 5.82 Å². The van der Waals surface area contributed by atoms with E-state index in [1.165, 1.54) is 16.5 Å². The van der Waals surface area contributed by atoms with Crippen LogP contribution in [0.1, 0.15) is 24.3 Å². The van der Waals surface area contributed by atoms with Crippen molar-refractivity contribution in [3.05, 3.63) is 66.9 Å². The standard InChI is InChI=1S/C20H20N6/c1-2-5-18-16(4-1)17(12-22-18)15-6-10-25(11-7-15)19-13-21-14-20(24-19)26-9-3-8-23-26/h1-5,8-9,12-15,22H,6-7,10-11H2. The Hall–Kier alpha value is -3.15. The van der Waals surface area contributed by atoms with Crippen molar-refractivity contribution in [2.45, 2.75) is 18.8 Å². The molecule has 1 N–H and O–H groups in total. The molecule has 0 amide bonds. The number of aromatic amines is 1. The van der Waals surface area contributed by atoms with Crippen LogP contribution < -0.4 is 4.90 Å². The van der Waals surface area contributed by atoms with Gasteiger partial charge in [-0.25, -0.2) is 9.67 Å². The molecule has 0 unspecified atom stereocenters. The van der Waals surface area contributed by atoms with Gasteiger partial charge in [0.05, 0.1) is 12.4 Å². The molecular formula is C20H20N6. The molecule has 4 aromatic rings. The molecule has 5 rings (SSSR count). The fourth-order valence-electron chi connectivity index (χ4n) is 3.86. The van der Waals surface area contributed by atoms with Crippen molar-refractivity contribution in [3.63, 3.8) is 0 Å². The minimum atomic E-state index is 0.588. The molecule has 3 aromatic heterocycles. The average molecular weight is 344 g/mol. The number of nitrogens with zero attached hydrogens (tertiary/aromatic N) is 5. The maximum absolute atomic E-state index is 4.73. The molecule has 130 valence electrons. The molecule has 1 fully saturated rings. The molecule has 0 aliphatic carbocycles. The summed E-state index contributed by atoms with van der Waals surface area (Å²) >= 11 is 0. The quantitative estimate of drug-likeness (QED) is 0.617. The molecule has 1 aliphatic rings. The van der Waals surface area contributed by atoms with E-state index in [0.29, 0.717) is 5.92 Å². The molecule has 1 aromatic carbocycles. The van der Waals surface area contributed by atoms with Gasteiger partial charge in [0.25, 0.3) is 0 Å². The van der Waals surface area contributed by atoms with Crippen molar-refractivity contribution < 1.29 is 0 Å². The van der Waals surface area contributed by atoms with Gasteiger partial charge >= 0.3 is 0 Å². The molecule has 0 saturated carbocycles. The van der Waals surface area contributed by atoms with E-state index in [9.17, 15) is 0 Å². The van der Waals surface area contributed by atoms with Gasteiger partial charge in [0, 0.05) is 42.6 Å². The highest BCUT2D eigenvalue weighted by Crippen LogP contribution is 2.34. The van der Waals surface area contributed by atoms with Gasteiger partial charge in [-0.3, -0.25) is 4.98 Å². The molecular weight excluding hydrogens is 324 g/mol. The van der Waals surface area contributed by atoms with Crippen molar-refractivity contribution in [2.24, 2.45) is 0 Å². The Bertz CT molecular complexity index is 1010. The third-order valence-corrected chi connectivity index (χ3v) is 5.23. The Kier molecular flexibility index (Phi) is 3.66. The SMILES string of the molecule is c1ccc2c(C3CCN(c4cncc(-n5cccn5)n4)CC3)c[nH]c2c1. The van der Waals surface area contributed by atoms with Crippen molar-refractivity contribution in [2.75, 3.05) is 18.0 Å². The fraction of sp³-hybridized carbons (Fsp3) is 0.250. The summed E-state index contributed by atoms with van der Waals surface area (Å²) in [5, 5.41) is 5.59. The summed E-state index contributed by atoms with van der Waals surface area (Å²) in [5.41, 5.74) is 2.67. The summed E-state index contributed by atoms with van der Waals surface area (Å²) in [7, 11) is 0. The molecule has 1 saturated heterocycles. The van der Waals surface area contributed by atoms with E-state index >= 15 is 0 Å². The molecule has 6 nitrogen and oxygen atoms in total. The largest absolute Gasteiger partial charge is 0.361 e. The van der Waals surface area contributed by atoms with Crippen LogP contribution in [0.25, 0.3) is 16.7 Å². The summed E-state index contributed by atoms with van der Waals surface area (Å²) in [5.74, 6) is 2.27. The second-order valence-corrected chi connectivity index (χ2v) is 6.74. The monoisotopic (exact) mass is 344 g/mol. The van der Waals surface area contributed by atoms with E-state index in [2.05, 4.69) is 50.4 Å². The van der Waals surface area contributed by atoms with Gasteiger partial charge in [-0.2, -0.15) is 5.10 Å². The minimum Gasteiger partial charge on any atom is -0.361 e. The zero-order chi connectivity index (χ0) is 17.3. The number of fused-ring (bicyclic) bond motifs is 1. The van der Waals surface area contributed by atoms with E-state index < -0.39 is 0 Å². The fourth-order valence-corrected chi connectivity index (χ4v) is 3.86. The van der Waals surface area contributed by atoms with Crippen LogP contribution in [0.3, 0.4) is 0 Å². The molecule has 6 heteroatoms. The molecule has 1 aliphatic heterocycles. The van der Waals surface area contributed by atoms with Crippen LogP contribution in [0.5, 0.6) is 0 Å². The van der Waals surface area contributed by atoms with Gasteiger partial charge in [-0.1, -0.05) is 18.2 Å². The second kappa shape index (κ2) is 6.29. The van der Waals surface area contributed by atoms with Crippen LogP contribution in [0.4, 0.5) is 5.82 Å². The van der Waals surface area contributed by atoms with Gasteiger partial charge in [-0.05, 0) is 36.5 Å². The lowest BCUT2D eigenvalue weighted by Gasteiger charge is -2.32. The number of H-pyrrole nitrogens is 1. The topological polar surface area (TPSA) is 62.6 Å². The van der Waals surface area contributed by atoms with Gasteiger partial charge < -0.3 is 9.88 Å². The predicted molar refractivity (Wildman–Crippen MR) is 102 cm³/mol. The smallest absolute Gasteiger partial charge is 0.173 e. The molecule has 4 heterocycles. The van der Waals surface area contributed by atoms with E-state index in [1.54, 1.807) is 17.1 Å². The number of rotatable bonds is 3. The summed E-state index contributed by atoms with van der Waals surface area (Å²) < 4.78 is 1.75. The van der Waals surface area contributed by atoms with Gasteiger partial charge in [0.1, 0.15) is 5.82 Å². The second-order valence-electron chi connectivity index (χ2n) is 6.74. The number of benzene rings is 1. The van der Waals surface area contributed by atoms with E-state index in [-0.39, 0.29) is 0 Å². The van der Waals surface area contributed by atoms with Crippen molar-refractivity contribution >= 4 is 16.7 Å². The maximum Gasteiger partial charge on any atom is 0.173 e. The highest BCUT2D eigenvalue weighted by atomic mass is 15.3. The van der Waals surface area contributed by atoms with Crippen LogP contribution in [0.15, 0.2) is 61.3 Å². The average Bonchev–Trinajstić information content (AvgIpc) is 3.38. The Morgan fingerprint density at radius 2 is 1.85 bits per heavy atom. The number of hydrogen-bond acceptors (Lipinski definition) is 4. The van der Waals surface area contributed by atoms with Gasteiger partial charge in [-0.15, -0.1) is 0 Å². The van der Waals surface area contributed by atoms with E-state index in [0.717, 1.165) is 37.6 Å². The van der Waals surface area contributed by atoms with Crippen molar-refractivity contribution in [1.82, 2.24) is 24.7 Å². The van der Waals surface area contributed by atoms with Crippen molar-refractivity contribution in [3.8, 4) is 5.82 Å². The number of para-hydroxylation sites is 1. The normalized spacial score (nSPS) is 15.6. The predicted octanol–water partition coefficient (Wildman–Crippen LogP) is 3.53. The first-order valence-electron chi connectivity index (χ1n) is 9.01. The lowest BCUT2D eigenvalue weighted by molar-refractivity contribution is 0.504. The van der Waals surface area contributed by atoms with Crippen LogP contribution in [0, 0.1) is 0 Å². The number of nitrogens with one attached hydrogen (secondary N) is 1. The Morgan fingerprint density at radius 3 is 2.69 bits per heavy atom. The Labute approximate surface area is 151 Å². The lowest BCUT2D eigenvalue weighted by atomic mass is 9.89.